The third-order valence-corrected chi connectivity index (χ3v) is 3.82. The largest absolute Gasteiger partial charge is 0.368 e. The third kappa shape index (κ3) is 4.15. The van der Waals surface area contributed by atoms with Gasteiger partial charge in [-0.15, -0.1) is 0 Å². The van der Waals surface area contributed by atoms with Gasteiger partial charge in [-0.05, 0) is 12.1 Å². The second-order valence-electron chi connectivity index (χ2n) is 6.11. The van der Waals surface area contributed by atoms with E-state index in [0.717, 1.165) is 17.3 Å². The molecule has 2 N–H and O–H groups in total. The van der Waals surface area contributed by atoms with E-state index < -0.39 is 0 Å². The summed E-state index contributed by atoms with van der Waals surface area (Å²) in [7, 11) is 0. The summed E-state index contributed by atoms with van der Waals surface area (Å²) in [4.78, 5) is 22.6. The first kappa shape index (κ1) is 16.5. The van der Waals surface area contributed by atoms with Crippen LogP contribution in [0.15, 0.2) is 24.5 Å². The summed E-state index contributed by atoms with van der Waals surface area (Å²) in [5.74, 6) is 1.71. The van der Waals surface area contributed by atoms with Crippen molar-refractivity contribution in [1.82, 2.24) is 25.1 Å². The van der Waals surface area contributed by atoms with Crippen molar-refractivity contribution >= 4 is 11.6 Å². The quantitative estimate of drug-likeness (QED) is 0.859. The average Bonchev–Trinajstić information content (AvgIpc) is 3.06. The number of carbonyl (C=O) groups is 1. The standard InChI is InChI=1S/C16H22N6O2/c1-11(2)15-19-16(21-20-15)13-9-22(7-8-24-13)10-14(23)18-12-3-5-17-6-4-12/h3-6,11,13H,7-10H2,1-2H3,(H,17,18,23)(H,19,20,21)/t13-/m1/s1. The molecular weight excluding hydrogens is 308 g/mol. The van der Waals surface area contributed by atoms with Crippen LogP contribution in [0, 0.1) is 0 Å². The summed E-state index contributed by atoms with van der Waals surface area (Å²) in [5, 5.41) is 10.0. The fourth-order valence-electron chi connectivity index (χ4n) is 2.54. The van der Waals surface area contributed by atoms with Crippen LogP contribution in [0.25, 0.3) is 0 Å². The van der Waals surface area contributed by atoms with Crippen molar-refractivity contribution in [2.75, 3.05) is 31.6 Å². The molecule has 128 valence electrons. The Labute approximate surface area is 140 Å². The molecule has 1 amide bonds. The summed E-state index contributed by atoms with van der Waals surface area (Å²) in [6, 6.07) is 3.53. The number of hydrogen-bond acceptors (Lipinski definition) is 6. The van der Waals surface area contributed by atoms with Gasteiger partial charge in [-0.25, -0.2) is 4.98 Å². The highest BCUT2D eigenvalue weighted by Gasteiger charge is 2.26. The number of nitrogens with zero attached hydrogens (tertiary/aromatic N) is 4. The molecule has 0 aromatic carbocycles. The van der Waals surface area contributed by atoms with Crippen molar-refractivity contribution < 1.29 is 9.53 Å². The number of carbonyl (C=O) groups excluding carboxylic acids is 1. The minimum atomic E-state index is -0.188. The number of ether oxygens (including phenoxy) is 1. The van der Waals surface area contributed by atoms with Gasteiger partial charge in [0.15, 0.2) is 11.6 Å². The molecule has 1 aliphatic heterocycles. The number of aromatic nitrogens is 4. The lowest BCUT2D eigenvalue weighted by Crippen LogP contribution is -2.42. The number of amides is 1. The van der Waals surface area contributed by atoms with Crippen LogP contribution in [0.3, 0.4) is 0 Å². The van der Waals surface area contributed by atoms with E-state index in [0.29, 0.717) is 26.2 Å². The summed E-state index contributed by atoms with van der Waals surface area (Å²) in [6.07, 6.45) is 3.11. The fourth-order valence-corrected chi connectivity index (χ4v) is 2.54. The van der Waals surface area contributed by atoms with E-state index in [1.807, 2.05) is 13.8 Å². The maximum absolute atomic E-state index is 12.2. The van der Waals surface area contributed by atoms with Crippen molar-refractivity contribution in [1.29, 1.82) is 0 Å². The van der Waals surface area contributed by atoms with Crippen LogP contribution in [0.5, 0.6) is 0 Å². The highest BCUT2D eigenvalue weighted by molar-refractivity contribution is 5.92. The number of H-pyrrole nitrogens is 1. The molecule has 0 spiro atoms. The summed E-state index contributed by atoms with van der Waals surface area (Å²) >= 11 is 0. The van der Waals surface area contributed by atoms with Gasteiger partial charge in [-0.2, -0.15) is 5.10 Å². The van der Waals surface area contributed by atoms with Crippen molar-refractivity contribution in [3.05, 3.63) is 36.2 Å². The first-order valence-electron chi connectivity index (χ1n) is 8.08. The van der Waals surface area contributed by atoms with Gasteiger partial charge in [0, 0.05) is 37.1 Å². The Morgan fingerprint density at radius 2 is 2.25 bits per heavy atom. The van der Waals surface area contributed by atoms with Crippen molar-refractivity contribution in [3.63, 3.8) is 0 Å². The Morgan fingerprint density at radius 3 is 2.96 bits per heavy atom. The molecule has 1 saturated heterocycles. The lowest BCUT2D eigenvalue weighted by Gasteiger charge is -2.31. The third-order valence-electron chi connectivity index (χ3n) is 3.82. The lowest BCUT2D eigenvalue weighted by molar-refractivity contribution is -0.119. The normalized spacial score (nSPS) is 18.7. The van der Waals surface area contributed by atoms with Crippen LogP contribution in [0.4, 0.5) is 5.69 Å². The van der Waals surface area contributed by atoms with Crippen LogP contribution in [0.2, 0.25) is 0 Å². The molecule has 24 heavy (non-hydrogen) atoms. The van der Waals surface area contributed by atoms with Crippen LogP contribution in [0.1, 0.15) is 37.5 Å². The average molecular weight is 330 g/mol. The van der Waals surface area contributed by atoms with Gasteiger partial charge in [0.25, 0.3) is 0 Å². The smallest absolute Gasteiger partial charge is 0.238 e. The molecule has 0 aliphatic carbocycles. The number of nitrogens with one attached hydrogen (secondary N) is 2. The van der Waals surface area contributed by atoms with Gasteiger partial charge in [-0.3, -0.25) is 19.8 Å². The topological polar surface area (TPSA) is 96.0 Å². The van der Waals surface area contributed by atoms with Crippen LogP contribution >= 0.6 is 0 Å². The van der Waals surface area contributed by atoms with E-state index >= 15 is 0 Å². The van der Waals surface area contributed by atoms with Crippen LogP contribution in [-0.4, -0.2) is 57.2 Å². The number of aromatic amines is 1. The fraction of sp³-hybridized carbons (Fsp3) is 0.500. The Morgan fingerprint density at radius 1 is 1.46 bits per heavy atom. The van der Waals surface area contributed by atoms with Gasteiger partial charge < -0.3 is 10.1 Å². The van der Waals surface area contributed by atoms with E-state index in [1.54, 1.807) is 24.5 Å². The summed E-state index contributed by atoms with van der Waals surface area (Å²) in [5.41, 5.74) is 0.747. The molecule has 3 heterocycles. The Balaban J connectivity index is 1.56. The molecule has 0 unspecified atom stereocenters. The zero-order valence-electron chi connectivity index (χ0n) is 13.9. The molecule has 8 nitrogen and oxygen atoms in total. The van der Waals surface area contributed by atoms with E-state index in [9.17, 15) is 4.79 Å². The molecule has 2 aromatic rings. The monoisotopic (exact) mass is 330 g/mol. The van der Waals surface area contributed by atoms with Crippen LogP contribution in [-0.2, 0) is 9.53 Å². The predicted octanol–water partition coefficient (Wildman–Crippen LogP) is 1.34. The number of anilines is 1. The van der Waals surface area contributed by atoms with E-state index in [4.69, 9.17) is 4.74 Å². The van der Waals surface area contributed by atoms with Crippen molar-refractivity contribution in [2.24, 2.45) is 0 Å². The van der Waals surface area contributed by atoms with Gasteiger partial charge in [-0.1, -0.05) is 13.8 Å². The Kier molecular flexibility index (Phi) is 5.17. The second kappa shape index (κ2) is 7.50. The molecule has 3 rings (SSSR count). The highest BCUT2D eigenvalue weighted by atomic mass is 16.5. The SMILES string of the molecule is CC(C)c1n[nH]c([C@H]2CN(CC(=O)Nc3ccncc3)CCO2)n1. The summed E-state index contributed by atoms with van der Waals surface area (Å²) < 4.78 is 5.77. The van der Waals surface area contributed by atoms with Crippen LogP contribution < -0.4 is 5.32 Å². The maximum atomic E-state index is 12.2. The first-order valence-corrected chi connectivity index (χ1v) is 8.08. The minimum Gasteiger partial charge on any atom is -0.368 e. The van der Waals surface area contributed by atoms with E-state index in [-0.39, 0.29) is 17.9 Å². The molecule has 1 fully saturated rings. The zero-order valence-corrected chi connectivity index (χ0v) is 13.9. The molecule has 0 bridgehead atoms. The molecule has 0 saturated carbocycles. The molecule has 8 heteroatoms. The first-order chi connectivity index (χ1) is 11.6. The number of pyridine rings is 1. The van der Waals surface area contributed by atoms with Gasteiger partial charge in [0.05, 0.1) is 13.2 Å². The van der Waals surface area contributed by atoms with Crippen molar-refractivity contribution in [2.45, 2.75) is 25.9 Å². The predicted molar refractivity (Wildman–Crippen MR) is 88.5 cm³/mol. The molecule has 1 atom stereocenters. The maximum Gasteiger partial charge on any atom is 0.238 e. The van der Waals surface area contributed by atoms with Crippen molar-refractivity contribution in [3.8, 4) is 0 Å². The Hall–Kier alpha value is -2.32. The minimum absolute atomic E-state index is 0.0534. The highest BCUT2D eigenvalue weighted by Crippen LogP contribution is 2.20. The molecule has 1 aliphatic rings. The van der Waals surface area contributed by atoms with E-state index in [1.165, 1.54) is 0 Å². The molecule has 0 radical (unpaired) electrons. The number of rotatable bonds is 5. The number of morpholine rings is 1. The van der Waals surface area contributed by atoms with Gasteiger partial charge >= 0.3 is 0 Å². The Bertz CT molecular complexity index is 672. The lowest BCUT2D eigenvalue weighted by atomic mass is 10.2. The summed E-state index contributed by atoms with van der Waals surface area (Å²) in [6.45, 7) is 6.29. The molecule has 2 aromatic heterocycles. The molecular formula is C16H22N6O2. The number of hydrogen-bond donors (Lipinski definition) is 2. The zero-order chi connectivity index (χ0) is 16.9. The second-order valence-corrected chi connectivity index (χ2v) is 6.11. The van der Waals surface area contributed by atoms with Gasteiger partial charge in [0.2, 0.25) is 5.91 Å². The van der Waals surface area contributed by atoms with E-state index in [2.05, 4.69) is 30.4 Å². The van der Waals surface area contributed by atoms with Gasteiger partial charge in [0.1, 0.15) is 6.10 Å².